The fourth-order valence-corrected chi connectivity index (χ4v) is 2.20. The molecule has 1 aromatic carbocycles. The smallest absolute Gasteiger partial charge is 0.379 e. The molecule has 0 atom stereocenters. The van der Waals surface area contributed by atoms with Gasteiger partial charge in [-0.1, -0.05) is 15.9 Å². The summed E-state index contributed by atoms with van der Waals surface area (Å²) in [5.41, 5.74) is 0.270. The number of ketones is 1. The number of carbonyl (C=O) groups excluding carboxylic acids is 2. The molecule has 2 rings (SSSR count). The van der Waals surface area contributed by atoms with E-state index in [-0.39, 0.29) is 17.7 Å². The van der Waals surface area contributed by atoms with Crippen molar-refractivity contribution in [2.45, 2.75) is 6.92 Å². The lowest BCUT2D eigenvalue weighted by Gasteiger charge is -2.01. The number of aromatic amines is 1. The SMILES string of the molecule is CCOC(=O)C(=O)c1c[nH]c2c(F)ccc(Br)c12. The van der Waals surface area contributed by atoms with Crippen molar-refractivity contribution in [2.24, 2.45) is 0 Å². The second-order valence-corrected chi connectivity index (χ2v) is 4.39. The number of hydrogen-bond donors (Lipinski definition) is 1. The highest BCUT2D eigenvalue weighted by atomic mass is 79.9. The summed E-state index contributed by atoms with van der Waals surface area (Å²) in [5.74, 6) is -2.24. The van der Waals surface area contributed by atoms with Gasteiger partial charge in [-0.15, -0.1) is 0 Å². The Morgan fingerprint density at radius 1 is 1.44 bits per heavy atom. The first-order chi connectivity index (χ1) is 8.56. The highest BCUT2D eigenvalue weighted by molar-refractivity contribution is 9.10. The van der Waals surface area contributed by atoms with Gasteiger partial charge >= 0.3 is 5.97 Å². The summed E-state index contributed by atoms with van der Waals surface area (Å²) in [5, 5.41) is 0.341. The molecule has 0 unspecified atom stereocenters. The Morgan fingerprint density at radius 3 is 2.83 bits per heavy atom. The first-order valence-corrected chi connectivity index (χ1v) is 6.02. The van der Waals surface area contributed by atoms with Crippen molar-refractivity contribution < 1.29 is 18.7 Å². The van der Waals surface area contributed by atoms with Crippen LogP contribution < -0.4 is 0 Å². The number of nitrogens with one attached hydrogen (secondary N) is 1. The number of rotatable bonds is 3. The molecule has 94 valence electrons. The lowest BCUT2D eigenvalue weighted by Crippen LogP contribution is -2.17. The largest absolute Gasteiger partial charge is 0.460 e. The number of fused-ring (bicyclic) bond motifs is 1. The van der Waals surface area contributed by atoms with E-state index in [4.69, 9.17) is 0 Å². The van der Waals surface area contributed by atoms with Gasteiger partial charge in [-0.05, 0) is 19.1 Å². The molecule has 0 radical (unpaired) electrons. The molecule has 0 spiro atoms. The number of hydrogen-bond acceptors (Lipinski definition) is 3. The van der Waals surface area contributed by atoms with Gasteiger partial charge in [0.15, 0.2) is 0 Å². The molecule has 1 aromatic heterocycles. The number of aromatic nitrogens is 1. The molecule has 2 aromatic rings. The Balaban J connectivity index is 2.56. The van der Waals surface area contributed by atoms with Crippen LogP contribution in [0.1, 0.15) is 17.3 Å². The van der Waals surface area contributed by atoms with Crippen molar-refractivity contribution in [3.8, 4) is 0 Å². The standard InChI is InChI=1S/C12H9BrFNO3/c1-2-18-12(17)11(16)6-5-15-10-8(14)4-3-7(13)9(6)10/h3-5,15H,2H2,1H3. The Morgan fingerprint density at radius 2 is 2.17 bits per heavy atom. The quantitative estimate of drug-likeness (QED) is 0.538. The minimum absolute atomic E-state index is 0.0924. The number of ether oxygens (including phenoxy) is 1. The van der Waals surface area contributed by atoms with E-state index in [1.165, 1.54) is 18.3 Å². The van der Waals surface area contributed by atoms with Gasteiger partial charge in [-0.2, -0.15) is 0 Å². The van der Waals surface area contributed by atoms with Gasteiger partial charge in [0.05, 0.1) is 17.7 Å². The van der Waals surface area contributed by atoms with E-state index in [9.17, 15) is 14.0 Å². The van der Waals surface area contributed by atoms with Crippen molar-refractivity contribution in [1.29, 1.82) is 0 Å². The first-order valence-electron chi connectivity index (χ1n) is 5.22. The average molecular weight is 314 g/mol. The maximum Gasteiger partial charge on any atom is 0.379 e. The third-order valence-electron chi connectivity index (χ3n) is 2.44. The van der Waals surface area contributed by atoms with Gasteiger partial charge < -0.3 is 9.72 Å². The number of benzene rings is 1. The number of H-pyrrole nitrogens is 1. The normalized spacial score (nSPS) is 10.6. The summed E-state index contributed by atoms with van der Waals surface area (Å²) in [4.78, 5) is 25.9. The Kier molecular flexibility index (Phi) is 3.47. The van der Waals surface area contributed by atoms with E-state index in [0.717, 1.165) is 0 Å². The van der Waals surface area contributed by atoms with Gasteiger partial charge in [0.2, 0.25) is 0 Å². The van der Waals surface area contributed by atoms with Crippen molar-refractivity contribution >= 4 is 38.6 Å². The molecule has 0 aliphatic carbocycles. The van der Waals surface area contributed by atoms with Gasteiger partial charge in [-0.25, -0.2) is 9.18 Å². The molecule has 6 heteroatoms. The average Bonchev–Trinajstić information content (AvgIpc) is 2.79. The fraction of sp³-hybridized carbons (Fsp3) is 0.167. The van der Waals surface area contributed by atoms with Crippen LogP contribution in [0.5, 0.6) is 0 Å². The van der Waals surface area contributed by atoms with Crippen LogP contribution in [0.15, 0.2) is 22.8 Å². The molecule has 1 heterocycles. The molecule has 0 fully saturated rings. The molecule has 1 N–H and O–H groups in total. The first kappa shape index (κ1) is 12.8. The Bertz CT molecular complexity index is 636. The van der Waals surface area contributed by atoms with Crippen molar-refractivity contribution in [2.75, 3.05) is 6.61 Å². The zero-order chi connectivity index (χ0) is 13.3. The molecule has 0 aliphatic heterocycles. The molecule has 4 nitrogen and oxygen atoms in total. The van der Waals surface area contributed by atoms with Crippen LogP contribution in [0.3, 0.4) is 0 Å². The maximum atomic E-state index is 13.5. The van der Waals surface area contributed by atoms with E-state index in [2.05, 4.69) is 25.7 Å². The molecule has 0 bridgehead atoms. The van der Waals surface area contributed by atoms with Gasteiger partial charge in [0, 0.05) is 16.1 Å². The Labute approximate surface area is 110 Å². The van der Waals surface area contributed by atoms with Gasteiger partial charge in [0.1, 0.15) is 5.82 Å². The summed E-state index contributed by atoms with van der Waals surface area (Å²) >= 11 is 3.23. The summed E-state index contributed by atoms with van der Waals surface area (Å²) in [7, 11) is 0. The molecule has 0 aliphatic rings. The van der Waals surface area contributed by atoms with E-state index in [0.29, 0.717) is 9.86 Å². The lowest BCUT2D eigenvalue weighted by molar-refractivity contribution is -0.137. The summed E-state index contributed by atoms with van der Waals surface area (Å²) < 4.78 is 18.7. The zero-order valence-electron chi connectivity index (χ0n) is 9.42. The Hall–Kier alpha value is -1.69. The van der Waals surface area contributed by atoms with Crippen molar-refractivity contribution in [1.82, 2.24) is 4.98 Å². The number of esters is 1. The predicted molar refractivity (Wildman–Crippen MR) is 66.9 cm³/mol. The lowest BCUT2D eigenvalue weighted by atomic mass is 10.1. The molecule has 0 saturated heterocycles. The third kappa shape index (κ3) is 2.03. The van der Waals surface area contributed by atoms with E-state index in [1.54, 1.807) is 6.92 Å². The van der Waals surface area contributed by atoms with Gasteiger partial charge in [-0.3, -0.25) is 4.79 Å². The molecule has 0 amide bonds. The predicted octanol–water partition coefficient (Wildman–Crippen LogP) is 2.82. The minimum atomic E-state index is -0.949. The molecular weight excluding hydrogens is 305 g/mol. The van der Waals surface area contributed by atoms with Crippen LogP contribution in [0.4, 0.5) is 4.39 Å². The fourth-order valence-electron chi connectivity index (χ4n) is 1.66. The van der Waals surface area contributed by atoms with E-state index in [1.807, 2.05) is 0 Å². The van der Waals surface area contributed by atoms with Crippen LogP contribution in [0.2, 0.25) is 0 Å². The zero-order valence-corrected chi connectivity index (χ0v) is 11.0. The van der Waals surface area contributed by atoms with Crippen LogP contribution in [-0.2, 0) is 9.53 Å². The number of Topliss-reactive ketones (excluding diaryl/α,β-unsaturated/α-hetero) is 1. The monoisotopic (exact) mass is 313 g/mol. The summed E-state index contributed by atoms with van der Waals surface area (Å²) in [6, 6.07) is 2.75. The van der Waals surface area contributed by atoms with E-state index >= 15 is 0 Å². The summed E-state index contributed by atoms with van der Waals surface area (Å²) in [6.45, 7) is 1.72. The molecular formula is C12H9BrFNO3. The second kappa shape index (κ2) is 4.89. The van der Waals surface area contributed by atoms with Crippen LogP contribution in [0.25, 0.3) is 10.9 Å². The van der Waals surface area contributed by atoms with E-state index < -0.39 is 17.6 Å². The molecule has 18 heavy (non-hydrogen) atoms. The molecule has 0 saturated carbocycles. The maximum absolute atomic E-state index is 13.5. The number of carbonyl (C=O) groups is 2. The van der Waals surface area contributed by atoms with Crippen LogP contribution in [0, 0.1) is 5.82 Å². The topological polar surface area (TPSA) is 59.2 Å². The summed E-state index contributed by atoms with van der Waals surface area (Å²) in [6.07, 6.45) is 1.30. The number of halogens is 2. The minimum Gasteiger partial charge on any atom is -0.460 e. The third-order valence-corrected chi connectivity index (χ3v) is 3.10. The van der Waals surface area contributed by atoms with Crippen molar-refractivity contribution in [3.63, 3.8) is 0 Å². The van der Waals surface area contributed by atoms with Crippen LogP contribution in [-0.4, -0.2) is 23.3 Å². The van der Waals surface area contributed by atoms with Crippen molar-refractivity contribution in [3.05, 3.63) is 34.2 Å². The van der Waals surface area contributed by atoms with Crippen LogP contribution >= 0.6 is 15.9 Å². The second-order valence-electron chi connectivity index (χ2n) is 3.53. The highest BCUT2D eigenvalue weighted by Crippen LogP contribution is 2.29. The van der Waals surface area contributed by atoms with Gasteiger partial charge in [0.25, 0.3) is 5.78 Å². The highest BCUT2D eigenvalue weighted by Gasteiger charge is 2.23.